The van der Waals surface area contributed by atoms with E-state index in [0.717, 1.165) is 10.8 Å². The highest BCUT2D eigenvalue weighted by molar-refractivity contribution is 6.00. The lowest BCUT2D eigenvalue weighted by Crippen LogP contribution is -2.58. The number of aliphatic carboxylic acids is 1. The number of carbonyl (C=O) groups is 4. The number of fused-ring (bicyclic) bond motifs is 1. The van der Waals surface area contributed by atoms with Gasteiger partial charge < -0.3 is 21.1 Å². The summed E-state index contributed by atoms with van der Waals surface area (Å²) in [7, 11) is 0. The minimum atomic E-state index is -1.40. The molecule has 2 aromatic rings. The van der Waals surface area contributed by atoms with Crippen molar-refractivity contribution in [3.63, 3.8) is 0 Å². The molecule has 4 N–H and O–H groups in total. The van der Waals surface area contributed by atoms with Gasteiger partial charge in [-0.1, -0.05) is 35.4 Å². The average molecular weight is 440 g/mol. The first-order chi connectivity index (χ1) is 15.1. The summed E-state index contributed by atoms with van der Waals surface area (Å²) in [6.07, 6.45) is -0.448. The predicted molar refractivity (Wildman–Crippen MR) is 117 cm³/mol. The van der Waals surface area contributed by atoms with E-state index < -0.39 is 41.7 Å². The van der Waals surface area contributed by atoms with Crippen LogP contribution in [0.3, 0.4) is 0 Å². The molecule has 2 rings (SSSR count). The van der Waals surface area contributed by atoms with Crippen LogP contribution in [0.15, 0.2) is 47.6 Å². The largest absolute Gasteiger partial charge is 0.481 e. The highest BCUT2D eigenvalue weighted by atomic mass is 16.4. The van der Waals surface area contributed by atoms with Crippen molar-refractivity contribution >= 4 is 34.5 Å². The first-order valence-electron chi connectivity index (χ1n) is 9.74. The maximum absolute atomic E-state index is 12.5. The first-order valence-corrected chi connectivity index (χ1v) is 9.74. The summed E-state index contributed by atoms with van der Waals surface area (Å²) >= 11 is 0. The van der Waals surface area contributed by atoms with E-state index in [1.165, 1.54) is 13.8 Å². The summed E-state index contributed by atoms with van der Waals surface area (Å²) in [6, 6.07) is 11.8. The highest BCUT2D eigenvalue weighted by Crippen LogP contribution is 2.15. The maximum atomic E-state index is 12.5. The van der Waals surface area contributed by atoms with E-state index in [1.54, 1.807) is 12.1 Å². The molecule has 168 valence electrons. The van der Waals surface area contributed by atoms with E-state index in [0.29, 0.717) is 5.56 Å². The van der Waals surface area contributed by atoms with Crippen molar-refractivity contribution in [1.82, 2.24) is 16.0 Å². The van der Waals surface area contributed by atoms with E-state index in [2.05, 4.69) is 26.0 Å². The number of hydrogen-bond donors (Lipinski definition) is 4. The molecule has 1 atom stereocenters. The summed E-state index contributed by atoms with van der Waals surface area (Å²) in [5.74, 6) is -2.89. The number of benzene rings is 2. The third kappa shape index (κ3) is 6.99. The van der Waals surface area contributed by atoms with Crippen molar-refractivity contribution < 1.29 is 24.3 Å². The van der Waals surface area contributed by atoms with Crippen LogP contribution in [0.1, 0.15) is 30.6 Å². The third-order valence-corrected chi connectivity index (χ3v) is 4.56. The Morgan fingerprint density at radius 2 is 1.81 bits per heavy atom. The molecule has 0 unspecified atom stereocenters. The Labute approximate surface area is 183 Å². The van der Waals surface area contributed by atoms with E-state index in [-0.39, 0.29) is 13.1 Å². The Morgan fingerprint density at radius 1 is 1.12 bits per heavy atom. The number of amides is 3. The van der Waals surface area contributed by atoms with E-state index in [4.69, 9.17) is 10.6 Å². The zero-order valence-corrected chi connectivity index (χ0v) is 17.7. The van der Waals surface area contributed by atoms with Gasteiger partial charge in [-0.3, -0.25) is 19.2 Å². The fraction of sp³-hybridized carbons (Fsp3) is 0.333. The molecule has 0 fully saturated rings. The van der Waals surface area contributed by atoms with Crippen molar-refractivity contribution in [2.75, 3.05) is 13.1 Å². The molecule has 0 saturated carbocycles. The van der Waals surface area contributed by atoms with Gasteiger partial charge in [-0.05, 0) is 42.3 Å². The van der Waals surface area contributed by atoms with Gasteiger partial charge in [0.15, 0.2) is 0 Å². The quantitative estimate of drug-likeness (QED) is 0.250. The van der Waals surface area contributed by atoms with Gasteiger partial charge in [-0.25, -0.2) is 0 Å². The first kappa shape index (κ1) is 24.2. The van der Waals surface area contributed by atoms with Crippen LogP contribution in [0.4, 0.5) is 0 Å². The second-order valence-corrected chi connectivity index (χ2v) is 7.60. The minimum absolute atomic E-state index is 0.250. The molecule has 0 radical (unpaired) electrons. The van der Waals surface area contributed by atoms with E-state index in [9.17, 15) is 19.2 Å². The van der Waals surface area contributed by atoms with Crippen LogP contribution in [0, 0.1) is 0 Å². The van der Waals surface area contributed by atoms with Crippen molar-refractivity contribution in [2.24, 2.45) is 5.11 Å². The molecule has 0 heterocycles. The summed E-state index contributed by atoms with van der Waals surface area (Å²) in [5.41, 5.74) is 7.39. The van der Waals surface area contributed by atoms with Crippen molar-refractivity contribution in [1.29, 1.82) is 0 Å². The topological polar surface area (TPSA) is 173 Å². The standard InChI is InChI=1S/C21H24N6O5/c1-21(2,20(32)25-16(10-18(29)30)11-24-27-22)26-17(28)12-23-19(31)15-8-7-13-5-3-4-6-14(13)9-15/h3-9,16H,10-12H2,1-2H3,(H,23,31)(H,25,32)(H,26,28)(H,29,30)/t16-/m0/s1. The predicted octanol–water partition coefficient (Wildman–Crippen LogP) is 1.73. The van der Waals surface area contributed by atoms with Crippen LogP contribution in [0.25, 0.3) is 21.2 Å². The Kier molecular flexibility index (Phi) is 8.14. The number of carboxylic acid groups (broad SMARTS) is 1. The van der Waals surface area contributed by atoms with Gasteiger partial charge in [0.1, 0.15) is 5.54 Å². The number of carbonyl (C=O) groups excluding carboxylic acids is 3. The van der Waals surface area contributed by atoms with Gasteiger partial charge in [0, 0.05) is 23.1 Å². The average Bonchev–Trinajstić information content (AvgIpc) is 2.74. The summed E-state index contributed by atoms with van der Waals surface area (Å²) in [5, 5.41) is 21.5. The zero-order chi connectivity index (χ0) is 23.7. The zero-order valence-electron chi connectivity index (χ0n) is 17.7. The Balaban J connectivity index is 1.92. The Morgan fingerprint density at radius 3 is 2.47 bits per heavy atom. The Bertz CT molecular complexity index is 1070. The third-order valence-electron chi connectivity index (χ3n) is 4.56. The Hall–Kier alpha value is -4.11. The molecule has 0 aliphatic heterocycles. The van der Waals surface area contributed by atoms with Crippen molar-refractivity contribution in [3.8, 4) is 0 Å². The monoisotopic (exact) mass is 440 g/mol. The van der Waals surface area contributed by atoms with Crippen molar-refractivity contribution in [3.05, 3.63) is 58.5 Å². The van der Waals surface area contributed by atoms with Crippen LogP contribution >= 0.6 is 0 Å². The van der Waals surface area contributed by atoms with E-state index in [1.807, 2.05) is 30.3 Å². The second kappa shape index (κ2) is 10.8. The van der Waals surface area contributed by atoms with Gasteiger partial charge in [0.05, 0.1) is 13.0 Å². The van der Waals surface area contributed by atoms with Crippen LogP contribution in [-0.2, 0) is 14.4 Å². The molecule has 0 aromatic heterocycles. The number of rotatable bonds is 10. The van der Waals surface area contributed by atoms with Crippen LogP contribution in [0.5, 0.6) is 0 Å². The molecule has 0 aliphatic rings. The van der Waals surface area contributed by atoms with Crippen LogP contribution in [0.2, 0.25) is 0 Å². The minimum Gasteiger partial charge on any atom is -0.481 e. The number of azide groups is 1. The van der Waals surface area contributed by atoms with Gasteiger partial charge in [-0.15, -0.1) is 0 Å². The lowest BCUT2D eigenvalue weighted by Gasteiger charge is -2.27. The van der Waals surface area contributed by atoms with E-state index >= 15 is 0 Å². The highest BCUT2D eigenvalue weighted by Gasteiger charge is 2.31. The molecule has 0 spiro atoms. The molecular formula is C21H24N6O5. The molecule has 0 bridgehead atoms. The number of carboxylic acids is 1. The summed E-state index contributed by atoms with van der Waals surface area (Å²) < 4.78 is 0. The number of hydrogen-bond acceptors (Lipinski definition) is 5. The molecule has 0 saturated heterocycles. The fourth-order valence-corrected chi connectivity index (χ4v) is 2.92. The fourth-order valence-electron chi connectivity index (χ4n) is 2.92. The van der Waals surface area contributed by atoms with Crippen LogP contribution < -0.4 is 16.0 Å². The SMILES string of the molecule is CC(C)(NC(=O)CNC(=O)c1ccc2ccccc2c1)C(=O)N[C@H](CN=[N+]=[N-])CC(=O)O. The number of nitrogens with one attached hydrogen (secondary N) is 3. The van der Waals surface area contributed by atoms with Crippen LogP contribution in [-0.4, -0.2) is 53.5 Å². The molecular weight excluding hydrogens is 416 g/mol. The molecule has 3 amide bonds. The maximum Gasteiger partial charge on any atom is 0.305 e. The lowest BCUT2D eigenvalue weighted by atomic mass is 10.0. The molecule has 11 heteroatoms. The smallest absolute Gasteiger partial charge is 0.305 e. The second-order valence-electron chi connectivity index (χ2n) is 7.60. The normalized spacial score (nSPS) is 11.7. The molecule has 32 heavy (non-hydrogen) atoms. The summed E-state index contributed by atoms with van der Waals surface area (Å²) in [4.78, 5) is 50.6. The van der Waals surface area contributed by atoms with Gasteiger partial charge in [0.25, 0.3) is 5.91 Å². The van der Waals surface area contributed by atoms with Gasteiger partial charge in [0.2, 0.25) is 11.8 Å². The number of nitrogens with zero attached hydrogens (tertiary/aromatic N) is 3. The summed E-state index contributed by atoms with van der Waals surface area (Å²) in [6.45, 7) is 2.24. The van der Waals surface area contributed by atoms with Gasteiger partial charge in [-0.2, -0.15) is 0 Å². The van der Waals surface area contributed by atoms with Gasteiger partial charge >= 0.3 is 5.97 Å². The molecule has 2 aromatic carbocycles. The van der Waals surface area contributed by atoms with Crippen molar-refractivity contribution in [2.45, 2.75) is 31.8 Å². The molecule has 0 aliphatic carbocycles. The lowest BCUT2D eigenvalue weighted by molar-refractivity contribution is -0.138. The molecule has 11 nitrogen and oxygen atoms in total.